The SMILES string of the molecule is CC(c1ccccc1)C(O)C(=O)N(C)Cc1ccccc1. The smallest absolute Gasteiger partial charge is 0.252 e. The molecule has 0 aliphatic heterocycles. The Morgan fingerprint density at radius 3 is 2.14 bits per heavy atom. The molecule has 3 nitrogen and oxygen atoms in total. The second kappa shape index (κ2) is 7.04. The molecule has 0 spiro atoms. The Bertz CT molecular complexity index is 568. The molecule has 2 aromatic carbocycles. The minimum absolute atomic E-state index is 0.225. The van der Waals surface area contributed by atoms with Crippen LogP contribution in [0.5, 0.6) is 0 Å². The van der Waals surface area contributed by atoms with Gasteiger partial charge in [-0.1, -0.05) is 67.6 Å². The first-order chi connectivity index (χ1) is 10.1. The first-order valence-corrected chi connectivity index (χ1v) is 7.11. The molecule has 3 heteroatoms. The standard InChI is InChI=1S/C18H21NO2/c1-14(16-11-7-4-8-12-16)17(20)18(21)19(2)13-15-9-5-3-6-10-15/h3-12,14,17,20H,13H2,1-2H3. The Kier molecular flexibility index (Phi) is 5.12. The summed E-state index contributed by atoms with van der Waals surface area (Å²) in [6, 6.07) is 19.4. The van der Waals surface area contributed by atoms with Crippen LogP contribution in [0.3, 0.4) is 0 Å². The third kappa shape index (κ3) is 3.92. The van der Waals surface area contributed by atoms with Gasteiger partial charge in [-0.3, -0.25) is 4.79 Å². The number of likely N-dealkylation sites (N-methyl/N-ethyl adjacent to an activating group) is 1. The molecule has 2 aromatic rings. The van der Waals surface area contributed by atoms with Crippen LogP contribution in [0, 0.1) is 0 Å². The van der Waals surface area contributed by atoms with Crippen molar-refractivity contribution in [3.05, 3.63) is 71.8 Å². The maximum absolute atomic E-state index is 12.3. The lowest BCUT2D eigenvalue weighted by molar-refractivity contribution is -0.140. The highest BCUT2D eigenvalue weighted by atomic mass is 16.3. The first kappa shape index (κ1) is 15.3. The van der Waals surface area contributed by atoms with E-state index in [2.05, 4.69) is 0 Å². The molecule has 0 heterocycles. The molecule has 2 unspecified atom stereocenters. The summed E-state index contributed by atoms with van der Waals surface area (Å²) in [4.78, 5) is 13.9. The van der Waals surface area contributed by atoms with Gasteiger partial charge in [0.2, 0.25) is 0 Å². The van der Waals surface area contributed by atoms with Crippen molar-refractivity contribution >= 4 is 5.91 Å². The van der Waals surface area contributed by atoms with Gasteiger partial charge in [-0.25, -0.2) is 0 Å². The molecular formula is C18H21NO2. The van der Waals surface area contributed by atoms with Crippen molar-refractivity contribution in [1.29, 1.82) is 0 Å². The van der Waals surface area contributed by atoms with Crippen molar-refractivity contribution in [2.45, 2.75) is 25.5 Å². The fourth-order valence-corrected chi connectivity index (χ4v) is 2.31. The molecule has 0 saturated carbocycles. The quantitative estimate of drug-likeness (QED) is 0.916. The molecule has 2 atom stereocenters. The number of aliphatic hydroxyl groups excluding tert-OH is 1. The van der Waals surface area contributed by atoms with Crippen LogP contribution >= 0.6 is 0 Å². The maximum atomic E-state index is 12.3. The predicted octanol–water partition coefficient (Wildman–Crippen LogP) is 2.81. The van der Waals surface area contributed by atoms with Gasteiger partial charge >= 0.3 is 0 Å². The number of nitrogens with zero attached hydrogens (tertiary/aromatic N) is 1. The van der Waals surface area contributed by atoms with E-state index in [0.29, 0.717) is 6.54 Å². The van der Waals surface area contributed by atoms with Crippen LogP contribution in [-0.4, -0.2) is 29.1 Å². The van der Waals surface area contributed by atoms with Crippen LogP contribution in [-0.2, 0) is 11.3 Å². The van der Waals surface area contributed by atoms with Gasteiger partial charge in [0, 0.05) is 19.5 Å². The van der Waals surface area contributed by atoms with Gasteiger partial charge in [-0.2, -0.15) is 0 Å². The summed E-state index contributed by atoms with van der Waals surface area (Å²) >= 11 is 0. The zero-order chi connectivity index (χ0) is 15.2. The number of hydrogen-bond acceptors (Lipinski definition) is 2. The molecule has 0 aromatic heterocycles. The summed E-state index contributed by atoms with van der Waals surface area (Å²) in [5, 5.41) is 10.3. The van der Waals surface area contributed by atoms with Crippen LogP contribution < -0.4 is 0 Å². The van der Waals surface area contributed by atoms with Gasteiger partial charge in [-0.05, 0) is 11.1 Å². The fourth-order valence-electron chi connectivity index (χ4n) is 2.31. The number of rotatable bonds is 5. The van der Waals surface area contributed by atoms with Crippen LogP contribution in [0.15, 0.2) is 60.7 Å². The zero-order valence-corrected chi connectivity index (χ0v) is 12.4. The van der Waals surface area contributed by atoms with Gasteiger partial charge in [0.1, 0.15) is 6.10 Å². The summed E-state index contributed by atoms with van der Waals surface area (Å²) in [6.45, 7) is 2.37. The molecule has 0 aliphatic rings. The lowest BCUT2D eigenvalue weighted by Crippen LogP contribution is -2.38. The van der Waals surface area contributed by atoms with Crippen LogP contribution in [0.4, 0.5) is 0 Å². The number of hydrogen-bond donors (Lipinski definition) is 1. The molecule has 0 radical (unpaired) electrons. The van der Waals surface area contributed by atoms with Crippen LogP contribution in [0.1, 0.15) is 24.0 Å². The molecule has 0 saturated heterocycles. The van der Waals surface area contributed by atoms with Crippen molar-refractivity contribution in [1.82, 2.24) is 4.90 Å². The number of amides is 1. The van der Waals surface area contributed by atoms with E-state index in [-0.39, 0.29) is 11.8 Å². The highest BCUT2D eigenvalue weighted by molar-refractivity contribution is 5.81. The number of aliphatic hydroxyl groups is 1. The minimum Gasteiger partial charge on any atom is -0.383 e. The molecule has 0 bridgehead atoms. The van der Waals surface area contributed by atoms with Crippen molar-refractivity contribution in [2.24, 2.45) is 0 Å². The van der Waals surface area contributed by atoms with E-state index in [1.54, 1.807) is 11.9 Å². The fraction of sp³-hybridized carbons (Fsp3) is 0.278. The Morgan fingerprint density at radius 2 is 1.57 bits per heavy atom. The Labute approximate surface area is 125 Å². The lowest BCUT2D eigenvalue weighted by Gasteiger charge is -2.24. The van der Waals surface area contributed by atoms with E-state index in [9.17, 15) is 9.90 Å². The zero-order valence-electron chi connectivity index (χ0n) is 12.4. The van der Waals surface area contributed by atoms with Gasteiger partial charge < -0.3 is 10.0 Å². The van der Waals surface area contributed by atoms with Gasteiger partial charge in [0.25, 0.3) is 5.91 Å². The molecule has 110 valence electrons. The summed E-state index contributed by atoms with van der Waals surface area (Å²) in [7, 11) is 1.72. The highest BCUT2D eigenvalue weighted by Crippen LogP contribution is 2.20. The van der Waals surface area contributed by atoms with Crippen LogP contribution in [0.2, 0.25) is 0 Å². The molecule has 1 amide bonds. The first-order valence-electron chi connectivity index (χ1n) is 7.11. The largest absolute Gasteiger partial charge is 0.383 e. The van der Waals surface area contributed by atoms with E-state index in [1.165, 1.54) is 0 Å². The second-order valence-electron chi connectivity index (χ2n) is 5.32. The number of carbonyl (C=O) groups excluding carboxylic acids is 1. The van der Waals surface area contributed by atoms with Crippen molar-refractivity contribution in [3.63, 3.8) is 0 Å². The van der Waals surface area contributed by atoms with E-state index < -0.39 is 6.10 Å². The van der Waals surface area contributed by atoms with Crippen molar-refractivity contribution < 1.29 is 9.90 Å². The Hall–Kier alpha value is -2.13. The summed E-state index contributed by atoms with van der Waals surface area (Å²) in [5.41, 5.74) is 2.01. The van der Waals surface area contributed by atoms with Gasteiger partial charge in [0.05, 0.1) is 0 Å². The highest BCUT2D eigenvalue weighted by Gasteiger charge is 2.26. The summed E-state index contributed by atoms with van der Waals surface area (Å²) in [6.07, 6.45) is -1.03. The average Bonchev–Trinajstić information content (AvgIpc) is 2.54. The predicted molar refractivity (Wildman–Crippen MR) is 83.8 cm³/mol. The summed E-state index contributed by atoms with van der Waals surface area (Å²) < 4.78 is 0. The second-order valence-corrected chi connectivity index (χ2v) is 5.32. The molecule has 21 heavy (non-hydrogen) atoms. The molecule has 2 rings (SSSR count). The number of benzene rings is 2. The topological polar surface area (TPSA) is 40.5 Å². The monoisotopic (exact) mass is 283 g/mol. The molecule has 0 aliphatic carbocycles. The Morgan fingerprint density at radius 1 is 1.05 bits per heavy atom. The molecular weight excluding hydrogens is 262 g/mol. The van der Waals surface area contributed by atoms with Crippen molar-refractivity contribution in [3.8, 4) is 0 Å². The van der Waals surface area contributed by atoms with Crippen LogP contribution in [0.25, 0.3) is 0 Å². The maximum Gasteiger partial charge on any atom is 0.252 e. The van der Waals surface area contributed by atoms with E-state index in [4.69, 9.17) is 0 Å². The van der Waals surface area contributed by atoms with Gasteiger partial charge in [-0.15, -0.1) is 0 Å². The molecule has 0 fully saturated rings. The van der Waals surface area contributed by atoms with E-state index >= 15 is 0 Å². The minimum atomic E-state index is -1.03. The number of carbonyl (C=O) groups is 1. The third-order valence-corrected chi connectivity index (χ3v) is 3.69. The Balaban J connectivity index is 2.01. The van der Waals surface area contributed by atoms with Gasteiger partial charge in [0.15, 0.2) is 0 Å². The average molecular weight is 283 g/mol. The van der Waals surface area contributed by atoms with Crippen molar-refractivity contribution in [2.75, 3.05) is 7.05 Å². The van der Waals surface area contributed by atoms with E-state index in [0.717, 1.165) is 11.1 Å². The van der Waals surface area contributed by atoms with E-state index in [1.807, 2.05) is 67.6 Å². The molecule has 1 N–H and O–H groups in total. The third-order valence-electron chi connectivity index (χ3n) is 3.69. The lowest BCUT2D eigenvalue weighted by atomic mass is 9.94. The normalized spacial score (nSPS) is 13.5. The summed E-state index contributed by atoms with van der Waals surface area (Å²) in [5.74, 6) is -0.480.